The van der Waals surface area contributed by atoms with Gasteiger partial charge >= 0.3 is 0 Å². The standard InChI is InChI=1S/C25H28N4O5S/c1-3-29(4-2)25-28-24(32)21(35-25)13-22(30)27-17-9-7-8-16(12-17)23(31)26-14-18-15-33-19-10-5-6-11-20(19)34-18/h5-12,18,21H,3-4,13-15H2,1-2H3,(H,26,31)(H,27,30). The molecule has 3 amide bonds. The van der Waals surface area contributed by atoms with E-state index in [1.165, 1.54) is 11.8 Å². The monoisotopic (exact) mass is 496 g/mol. The molecular weight excluding hydrogens is 468 g/mol. The summed E-state index contributed by atoms with van der Waals surface area (Å²) in [5, 5.41) is 5.74. The summed E-state index contributed by atoms with van der Waals surface area (Å²) < 4.78 is 11.5. The maximum Gasteiger partial charge on any atom is 0.262 e. The Morgan fingerprint density at radius 2 is 1.89 bits per heavy atom. The van der Waals surface area contributed by atoms with Crippen molar-refractivity contribution >= 4 is 40.3 Å². The number of benzene rings is 2. The van der Waals surface area contributed by atoms with Gasteiger partial charge < -0.3 is 25.0 Å². The summed E-state index contributed by atoms with van der Waals surface area (Å²) in [4.78, 5) is 43.6. The SMILES string of the molecule is CCN(CC)C1=NC(=O)C(CC(=O)Nc2cccc(C(=O)NCC3COc4ccccc4O3)c2)S1. The summed E-state index contributed by atoms with van der Waals surface area (Å²) in [6.45, 7) is 6.10. The summed E-state index contributed by atoms with van der Waals surface area (Å²) in [6.07, 6.45) is -0.295. The second-order valence-corrected chi connectivity index (χ2v) is 9.22. The molecule has 2 aromatic rings. The first-order chi connectivity index (χ1) is 17.0. The van der Waals surface area contributed by atoms with E-state index in [1.807, 2.05) is 43.0 Å². The maximum atomic E-state index is 12.7. The molecule has 9 nitrogen and oxygen atoms in total. The minimum Gasteiger partial charge on any atom is -0.486 e. The van der Waals surface area contributed by atoms with E-state index < -0.39 is 5.25 Å². The predicted octanol–water partition coefficient (Wildman–Crippen LogP) is 2.92. The van der Waals surface area contributed by atoms with Crippen molar-refractivity contribution in [1.82, 2.24) is 10.2 Å². The Kier molecular flexibility index (Phi) is 7.91. The van der Waals surface area contributed by atoms with Gasteiger partial charge in [-0.1, -0.05) is 30.0 Å². The molecule has 184 valence electrons. The molecule has 4 rings (SSSR count). The van der Waals surface area contributed by atoms with Crippen molar-refractivity contribution in [3.63, 3.8) is 0 Å². The number of anilines is 1. The number of fused-ring (bicyclic) bond motifs is 1. The normalized spacial score (nSPS) is 18.6. The number of amidine groups is 1. The molecule has 2 aliphatic rings. The average Bonchev–Trinajstić information content (AvgIpc) is 3.22. The second-order valence-electron chi connectivity index (χ2n) is 8.05. The lowest BCUT2D eigenvalue weighted by atomic mass is 10.1. The van der Waals surface area contributed by atoms with Gasteiger partial charge in [0.15, 0.2) is 16.7 Å². The van der Waals surface area contributed by atoms with Crippen LogP contribution >= 0.6 is 11.8 Å². The van der Waals surface area contributed by atoms with E-state index in [-0.39, 0.29) is 36.8 Å². The fourth-order valence-corrected chi connectivity index (χ4v) is 4.92. The third-order valence-corrected chi connectivity index (χ3v) is 6.81. The van der Waals surface area contributed by atoms with Crippen LogP contribution in [0.2, 0.25) is 0 Å². The van der Waals surface area contributed by atoms with Crippen molar-refractivity contribution in [2.75, 3.05) is 31.6 Å². The van der Waals surface area contributed by atoms with Crippen LogP contribution in [0, 0.1) is 0 Å². The molecule has 0 aromatic heterocycles. The van der Waals surface area contributed by atoms with E-state index in [4.69, 9.17) is 9.47 Å². The third-order valence-electron chi connectivity index (χ3n) is 5.60. The lowest BCUT2D eigenvalue weighted by Gasteiger charge is -2.26. The van der Waals surface area contributed by atoms with Gasteiger partial charge in [0.25, 0.3) is 11.8 Å². The highest BCUT2D eigenvalue weighted by Crippen LogP contribution is 2.31. The fourth-order valence-electron chi connectivity index (χ4n) is 3.73. The number of thioether (sulfide) groups is 1. The minimum atomic E-state index is -0.542. The Morgan fingerprint density at radius 3 is 2.66 bits per heavy atom. The Hall–Kier alpha value is -3.53. The molecule has 0 saturated carbocycles. The van der Waals surface area contributed by atoms with E-state index in [0.717, 1.165) is 13.1 Å². The molecule has 2 N–H and O–H groups in total. The molecule has 2 aliphatic heterocycles. The highest BCUT2D eigenvalue weighted by atomic mass is 32.2. The lowest BCUT2D eigenvalue weighted by Crippen LogP contribution is -2.40. The Morgan fingerprint density at radius 1 is 1.11 bits per heavy atom. The first-order valence-corrected chi connectivity index (χ1v) is 12.5. The van der Waals surface area contributed by atoms with E-state index in [1.54, 1.807) is 24.3 Å². The smallest absolute Gasteiger partial charge is 0.262 e. The van der Waals surface area contributed by atoms with Gasteiger partial charge in [0.2, 0.25) is 5.91 Å². The van der Waals surface area contributed by atoms with Crippen LogP contribution in [0.25, 0.3) is 0 Å². The number of nitrogens with zero attached hydrogens (tertiary/aromatic N) is 2. The number of nitrogens with one attached hydrogen (secondary N) is 2. The van der Waals surface area contributed by atoms with Crippen LogP contribution < -0.4 is 20.1 Å². The minimum absolute atomic E-state index is 0.00862. The second kappa shape index (κ2) is 11.3. The molecular formula is C25H28N4O5S. The first kappa shape index (κ1) is 24.6. The zero-order valence-electron chi connectivity index (χ0n) is 19.7. The number of para-hydroxylation sites is 2. The predicted molar refractivity (Wildman–Crippen MR) is 135 cm³/mol. The summed E-state index contributed by atoms with van der Waals surface area (Å²) in [7, 11) is 0. The Labute approximate surface area is 208 Å². The van der Waals surface area contributed by atoms with Crippen LogP contribution in [0.5, 0.6) is 11.5 Å². The van der Waals surface area contributed by atoms with Gasteiger partial charge in [-0.2, -0.15) is 4.99 Å². The zero-order chi connectivity index (χ0) is 24.8. The van der Waals surface area contributed by atoms with E-state index >= 15 is 0 Å². The summed E-state index contributed by atoms with van der Waals surface area (Å²) in [5.41, 5.74) is 0.882. The topological polar surface area (TPSA) is 109 Å². The number of ether oxygens (including phenoxy) is 2. The molecule has 0 radical (unpaired) electrons. The van der Waals surface area contributed by atoms with Crippen LogP contribution in [0.4, 0.5) is 5.69 Å². The van der Waals surface area contributed by atoms with E-state index in [0.29, 0.717) is 34.5 Å². The van der Waals surface area contributed by atoms with Crippen LogP contribution in [0.1, 0.15) is 30.6 Å². The third kappa shape index (κ3) is 6.13. The van der Waals surface area contributed by atoms with E-state index in [2.05, 4.69) is 15.6 Å². The lowest BCUT2D eigenvalue weighted by molar-refractivity contribution is -0.121. The van der Waals surface area contributed by atoms with Crippen LogP contribution in [0.3, 0.4) is 0 Å². The van der Waals surface area contributed by atoms with Gasteiger partial charge in [0.1, 0.15) is 18.0 Å². The molecule has 0 bridgehead atoms. The number of amides is 3. The van der Waals surface area contributed by atoms with Gasteiger partial charge in [0, 0.05) is 30.8 Å². The number of rotatable bonds is 8. The van der Waals surface area contributed by atoms with Crippen molar-refractivity contribution in [3.8, 4) is 11.5 Å². The maximum absolute atomic E-state index is 12.7. The van der Waals surface area contributed by atoms with Crippen molar-refractivity contribution in [2.45, 2.75) is 31.6 Å². The Bertz CT molecular complexity index is 1130. The molecule has 0 fully saturated rings. The highest BCUT2D eigenvalue weighted by Gasteiger charge is 2.32. The van der Waals surface area contributed by atoms with E-state index in [9.17, 15) is 14.4 Å². The fraction of sp³-hybridized carbons (Fsp3) is 0.360. The summed E-state index contributed by atoms with van der Waals surface area (Å²) >= 11 is 1.32. The molecule has 0 saturated heterocycles. The molecule has 2 aromatic carbocycles. The van der Waals surface area contributed by atoms with Crippen molar-refractivity contribution in [3.05, 3.63) is 54.1 Å². The quantitative estimate of drug-likeness (QED) is 0.578. The molecule has 10 heteroatoms. The molecule has 35 heavy (non-hydrogen) atoms. The van der Waals surface area contributed by atoms with Crippen LogP contribution in [0.15, 0.2) is 53.5 Å². The largest absolute Gasteiger partial charge is 0.486 e. The number of hydrogen-bond acceptors (Lipinski definition) is 7. The highest BCUT2D eigenvalue weighted by molar-refractivity contribution is 8.15. The van der Waals surface area contributed by atoms with Crippen LogP contribution in [-0.4, -0.2) is 65.4 Å². The zero-order valence-corrected chi connectivity index (χ0v) is 20.5. The van der Waals surface area contributed by atoms with Gasteiger partial charge in [-0.3, -0.25) is 14.4 Å². The van der Waals surface area contributed by atoms with Gasteiger partial charge in [-0.25, -0.2) is 0 Å². The van der Waals surface area contributed by atoms with Crippen molar-refractivity contribution in [1.29, 1.82) is 0 Å². The average molecular weight is 497 g/mol. The van der Waals surface area contributed by atoms with Gasteiger partial charge in [-0.15, -0.1) is 0 Å². The molecule has 2 unspecified atom stereocenters. The molecule has 2 heterocycles. The molecule has 0 spiro atoms. The van der Waals surface area contributed by atoms with Crippen molar-refractivity contribution < 1.29 is 23.9 Å². The Balaban J connectivity index is 1.27. The van der Waals surface area contributed by atoms with Crippen LogP contribution in [-0.2, 0) is 9.59 Å². The molecule has 2 atom stereocenters. The molecule has 0 aliphatic carbocycles. The van der Waals surface area contributed by atoms with Gasteiger partial charge in [0.05, 0.1) is 6.54 Å². The number of hydrogen-bond donors (Lipinski definition) is 2. The summed E-state index contributed by atoms with van der Waals surface area (Å²) in [6, 6.07) is 14.1. The number of carbonyl (C=O) groups excluding carboxylic acids is 3. The van der Waals surface area contributed by atoms with Crippen molar-refractivity contribution in [2.24, 2.45) is 4.99 Å². The number of carbonyl (C=O) groups is 3. The van der Waals surface area contributed by atoms with Gasteiger partial charge in [-0.05, 0) is 44.2 Å². The summed E-state index contributed by atoms with van der Waals surface area (Å²) in [5.74, 6) is 0.443. The first-order valence-electron chi connectivity index (χ1n) is 11.6. The number of aliphatic imine (C=N–C) groups is 1.